The number of amides is 1. The van der Waals surface area contributed by atoms with E-state index in [0.717, 1.165) is 5.56 Å². The molecule has 1 heterocycles. The smallest absolute Gasteiger partial charge is 0.341 e. The molecule has 1 aliphatic heterocycles. The lowest BCUT2D eigenvalue weighted by Gasteiger charge is -2.17. The van der Waals surface area contributed by atoms with Crippen LogP contribution in [0, 0.1) is 6.92 Å². The second-order valence-electron chi connectivity index (χ2n) is 5.23. The maximum absolute atomic E-state index is 12.0. The minimum atomic E-state index is -0.673. The number of phenols is 1. The number of carbonyl (C=O) groups excluding carboxylic acids is 3. The van der Waals surface area contributed by atoms with Gasteiger partial charge in [-0.05, 0) is 31.5 Å². The van der Waals surface area contributed by atoms with Gasteiger partial charge >= 0.3 is 11.9 Å². The first-order valence-corrected chi connectivity index (χ1v) is 8.69. The van der Waals surface area contributed by atoms with Gasteiger partial charge in [-0.3, -0.25) is 4.79 Å². The Morgan fingerprint density at radius 1 is 1.36 bits per heavy atom. The van der Waals surface area contributed by atoms with Crippen molar-refractivity contribution in [2.45, 2.75) is 13.8 Å². The number of aromatic hydroxyl groups is 1. The van der Waals surface area contributed by atoms with E-state index in [2.05, 4.69) is 0 Å². The van der Waals surface area contributed by atoms with Crippen molar-refractivity contribution in [1.82, 2.24) is 4.90 Å². The number of nitrogens with zero attached hydrogens (tertiary/aromatic N) is 1. The normalized spacial score (nSPS) is 15.5. The molecular weight excluding hydrogens is 346 g/mol. The van der Waals surface area contributed by atoms with E-state index in [1.165, 1.54) is 34.9 Å². The molecule has 0 bridgehead atoms. The minimum Gasteiger partial charge on any atom is -0.507 e. The Hall–Kier alpha value is -2.48. The maximum atomic E-state index is 12.0. The monoisotopic (exact) mass is 365 g/mol. The van der Waals surface area contributed by atoms with E-state index in [4.69, 9.17) is 9.47 Å². The fourth-order valence-electron chi connectivity index (χ4n) is 2.18. The summed E-state index contributed by atoms with van der Waals surface area (Å²) in [6.45, 7) is 3.80. The molecule has 0 aliphatic carbocycles. The molecule has 0 aromatic heterocycles. The van der Waals surface area contributed by atoms with Gasteiger partial charge in [0.15, 0.2) is 0 Å². The lowest BCUT2D eigenvalue weighted by molar-refractivity contribution is -0.137. The Morgan fingerprint density at radius 3 is 2.80 bits per heavy atom. The first kappa shape index (κ1) is 18.9. The molecule has 1 aromatic carbocycles. The fourth-order valence-corrected chi connectivity index (χ4v) is 3.13. The van der Waals surface area contributed by atoms with Crippen molar-refractivity contribution in [2.75, 3.05) is 25.5 Å². The molecule has 0 spiro atoms. The fraction of sp³-hybridized carbons (Fsp3) is 0.353. The Labute approximate surface area is 149 Å². The van der Waals surface area contributed by atoms with Crippen LogP contribution in [-0.4, -0.2) is 53.4 Å². The van der Waals surface area contributed by atoms with E-state index in [-0.39, 0.29) is 42.7 Å². The summed E-state index contributed by atoms with van der Waals surface area (Å²) in [6, 6.07) is 4.64. The lowest BCUT2D eigenvalue weighted by Crippen LogP contribution is -2.29. The molecule has 134 valence electrons. The van der Waals surface area contributed by atoms with Crippen LogP contribution < -0.4 is 0 Å². The van der Waals surface area contributed by atoms with Gasteiger partial charge in [0, 0.05) is 0 Å². The zero-order chi connectivity index (χ0) is 18.4. The Kier molecular flexibility index (Phi) is 6.46. The quantitative estimate of drug-likeness (QED) is 0.607. The zero-order valence-corrected chi connectivity index (χ0v) is 14.8. The maximum Gasteiger partial charge on any atom is 0.341 e. The van der Waals surface area contributed by atoms with Crippen molar-refractivity contribution < 1.29 is 29.0 Å². The molecule has 0 unspecified atom stereocenters. The average molecular weight is 365 g/mol. The molecule has 2 rings (SSSR count). The van der Waals surface area contributed by atoms with Gasteiger partial charge in [-0.25, -0.2) is 9.59 Å². The van der Waals surface area contributed by atoms with Crippen molar-refractivity contribution in [2.24, 2.45) is 0 Å². The standard InChI is InChI=1S/C17H19NO6S/c1-3-23-16(21)9-15-18(14(20)10-25-15)6-7-24-17(22)12-5-4-11(2)8-13(12)19/h4-5,8-9,19H,3,6-7,10H2,1-2H3/b15-9-. The molecule has 1 saturated heterocycles. The number of hydrogen-bond acceptors (Lipinski definition) is 7. The average Bonchev–Trinajstić information content (AvgIpc) is 2.88. The Bertz CT molecular complexity index is 715. The second-order valence-corrected chi connectivity index (χ2v) is 6.22. The number of aryl methyl sites for hydroxylation is 1. The number of benzene rings is 1. The largest absolute Gasteiger partial charge is 0.507 e. The number of carbonyl (C=O) groups is 3. The van der Waals surface area contributed by atoms with Crippen molar-refractivity contribution in [3.63, 3.8) is 0 Å². The Balaban J connectivity index is 1.94. The van der Waals surface area contributed by atoms with Crippen molar-refractivity contribution in [3.05, 3.63) is 40.4 Å². The molecule has 1 N–H and O–H groups in total. The molecule has 1 fully saturated rings. The van der Waals surface area contributed by atoms with Crippen LogP contribution in [-0.2, 0) is 19.1 Å². The van der Waals surface area contributed by atoms with Gasteiger partial charge in [0.2, 0.25) is 5.91 Å². The molecular formula is C17H19NO6S. The van der Waals surface area contributed by atoms with Crippen molar-refractivity contribution in [3.8, 4) is 5.75 Å². The van der Waals surface area contributed by atoms with Gasteiger partial charge in [-0.2, -0.15) is 0 Å². The predicted molar refractivity (Wildman–Crippen MR) is 92.0 cm³/mol. The summed E-state index contributed by atoms with van der Waals surface area (Å²) >= 11 is 1.23. The van der Waals surface area contributed by atoms with E-state index in [0.29, 0.717) is 5.03 Å². The summed E-state index contributed by atoms with van der Waals surface area (Å²) in [4.78, 5) is 36.8. The van der Waals surface area contributed by atoms with Crippen molar-refractivity contribution >= 4 is 29.6 Å². The highest BCUT2D eigenvalue weighted by Crippen LogP contribution is 2.28. The molecule has 1 aliphatic rings. The number of hydrogen-bond donors (Lipinski definition) is 1. The third-order valence-corrected chi connectivity index (χ3v) is 4.39. The topological polar surface area (TPSA) is 93.1 Å². The summed E-state index contributed by atoms with van der Waals surface area (Å²) < 4.78 is 9.95. The van der Waals surface area contributed by atoms with Crippen LogP contribution in [0.3, 0.4) is 0 Å². The van der Waals surface area contributed by atoms with Crippen LogP contribution in [0.4, 0.5) is 0 Å². The molecule has 1 aromatic rings. The van der Waals surface area contributed by atoms with Gasteiger partial charge in [0.05, 0.1) is 30.0 Å². The van der Waals surface area contributed by atoms with Crippen LogP contribution in [0.25, 0.3) is 0 Å². The molecule has 0 atom stereocenters. The summed E-state index contributed by atoms with van der Waals surface area (Å²) in [5, 5.41) is 10.2. The molecule has 1 amide bonds. The zero-order valence-electron chi connectivity index (χ0n) is 14.0. The Morgan fingerprint density at radius 2 is 2.12 bits per heavy atom. The van der Waals surface area contributed by atoms with E-state index in [1.807, 2.05) is 0 Å². The molecule has 0 saturated carbocycles. The number of rotatable bonds is 6. The highest BCUT2D eigenvalue weighted by atomic mass is 32.2. The predicted octanol–water partition coefficient (Wildman–Crippen LogP) is 1.84. The van der Waals surface area contributed by atoms with Crippen LogP contribution in [0.2, 0.25) is 0 Å². The van der Waals surface area contributed by atoms with E-state index >= 15 is 0 Å². The van der Waals surface area contributed by atoms with Crippen LogP contribution in [0.5, 0.6) is 5.75 Å². The van der Waals surface area contributed by atoms with Crippen LogP contribution >= 0.6 is 11.8 Å². The first-order chi connectivity index (χ1) is 11.9. The molecule has 25 heavy (non-hydrogen) atoms. The van der Waals surface area contributed by atoms with E-state index in [1.54, 1.807) is 19.9 Å². The number of ether oxygens (including phenoxy) is 2. The van der Waals surface area contributed by atoms with Gasteiger partial charge < -0.3 is 19.5 Å². The van der Waals surface area contributed by atoms with Crippen LogP contribution in [0.1, 0.15) is 22.8 Å². The number of thioether (sulfide) groups is 1. The van der Waals surface area contributed by atoms with Gasteiger partial charge in [-0.15, -0.1) is 0 Å². The summed E-state index contributed by atoms with van der Waals surface area (Å²) in [5.74, 6) is -1.30. The lowest BCUT2D eigenvalue weighted by atomic mass is 10.1. The third-order valence-electron chi connectivity index (χ3n) is 3.36. The summed E-state index contributed by atoms with van der Waals surface area (Å²) in [6.07, 6.45) is 1.26. The molecule has 8 heteroatoms. The van der Waals surface area contributed by atoms with Crippen molar-refractivity contribution in [1.29, 1.82) is 0 Å². The van der Waals surface area contributed by atoms with E-state index < -0.39 is 11.9 Å². The second kappa shape index (κ2) is 8.57. The van der Waals surface area contributed by atoms with Gasteiger partial charge in [-0.1, -0.05) is 17.8 Å². The SMILES string of the molecule is CCOC(=O)/C=C1\SCC(=O)N1CCOC(=O)c1ccc(C)cc1O. The number of esters is 2. The molecule has 0 radical (unpaired) electrons. The van der Waals surface area contributed by atoms with Crippen LogP contribution in [0.15, 0.2) is 29.3 Å². The van der Waals surface area contributed by atoms with E-state index in [9.17, 15) is 19.5 Å². The van der Waals surface area contributed by atoms with Gasteiger partial charge in [0.25, 0.3) is 0 Å². The summed E-state index contributed by atoms with van der Waals surface area (Å²) in [7, 11) is 0. The molecule has 7 nitrogen and oxygen atoms in total. The summed E-state index contributed by atoms with van der Waals surface area (Å²) in [5.41, 5.74) is 0.887. The van der Waals surface area contributed by atoms with Gasteiger partial charge in [0.1, 0.15) is 17.9 Å². The minimum absolute atomic E-state index is 0.0569. The third kappa shape index (κ3) is 4.99. The highest BCUT2D eigenvalue weighted by Gasteiger charge is 2.27. The number of phenolic OH excluding ortho intramolecular Hbond substituents is 1. The highest BCUT2D eigenvalue weighted by molar-refractivity contribution is 8.04. The first-order valence-electron chi connectivity index (χ1n) is 7.70.